The summed E-state index contributed by atoms with van der Waals surface area (Å²) in [5.41, 5.74) is 0.696. The summed E-state index contributed by atoms with van der Waals surface area (Å²) in [6.45, 7) is 1.90. The van der Waals surface area contributed by atoms with E-state index in [1.54, 1.807) is 12.4 Å². The van der Waals surface area contributed by atoms with Gasteiger partial charge in [0, 0.05) is 18.0 Å². The molecule has 2 atom stereocenters. The third-order valence-corrected chi connectivity index (χ3v) is 3.01. The van der Waals surface area contributed by atoms with Crippen LogP contribution in [0.1, 0.15) is 24.3 Å². The summed E-state index contributed by atoms with van der Waals surface area (Å²) in [5, 5.41) is 12.5. The Kier molecular flexibility index (Phi) is 3.46. The number of hydrogen-bond donors (Lipinski definition) is 2. The van der Waals surface area contributed by atoms with Crippen molar-refractivity contribution in [2.75, 3.05) is 13.1 Å². The molecule has 0 aliphatic carbocycles. The number of aliphatic carboxylic acids is 1. The summed E-state index contributed by atoms with van der Waals surface area (Å²) < 4.78 is 0. The molecule has 1 fully saturated rings. The number of carbonyl (C=O) groups is 1. The molecule has 2 heterocycles. The number of nitrogens with zero attached hydrogens (tertiary/aromatic N) is 2. The van der Waals surface area contributed by atoms with Gasteiger partial charge in [-0.2, -0.15) is 0 Å². The molecule has 1 saturated heterocycles. The van der Waals surface area contributed by atoms with Crippen molar-refractivity contribution in [3.05, 3.63) is 24.3 Å². The van der Waals surface area contributed by atoms with Crippen LogP contribution >= 0.6 is 0 Å². The number of nitrogens with one attached hydrogen (secondary N) is 1. The second-order valence-electron chi connectivity index (χ2n) is 4.16. The Morgan fingerprint density at radius 1 is 1.56 bits per heavy atom. The van der Waals surface area contributed by atoms with Crippen LogP contribution in [0, 0.1) is 5.92 Å². The van der Waals surface area contributed by atoms with Gasteiger partial charge >= 0.3 is 5.97 Å². The molecule has 16 heavy (non-hydrogen) atoms. The van der Waals surface area contributed by atoms with Gasteiger partial charge in [-0.05, 0) is 31.8 Å². The zero-order chi connectivity index (χ0) is 11.4. The van der Waals surface area contributed by atoms with Crippen molar-refractivity contribution in [3.8, 4) is 0 Å². The largest absolute Gasteiger partial charge is 0.481 e. The molecule has 0 amide bonds. The Morgan fingerprint density at radius 3 is 2.88 bits per heavy atom. The molecule has 1 aliphatic rings. The van der Waals surface area contributed by atoms with Crippen molar-refractivity contribution in [2.45, 2.75) is 18.8 Å². The normalized spacial score (nSPS) is 21.9. The summed E-state index contributed by atoms with van der Waals surface area (Å²) in [6.07, 6.45) is 6.31. The first-order chi connectivity index (χ1) is 7.77. The van der Waals surface area contributed by atoms with Crippen LogP contribution in [-0.2, 0) is 4.79 Å². The molecule has 5 nitrogen and oxygen atoms in total. The maximum Gasteiger partial charge on any atom is 0.311 e. The standard InChI is InChI=1S/C11H15N3O2/c15-11(16)10(3-8-1-2-12-4-8)9-5-13-7-14-6-9/h5-8,10,12H,1-4H2,(H,15,16). The van der Waals surface area contributed by atoms with Gasteiger partial charge in [0.2, 0.25) is 0 Å². The third kappa shape index (κ3) is 2.55. The van der Waals surface area contributed by atoms with Crippen molar-refractivity contribution in [2.24, 2.45) is 5.92 Å². The highest BCUT2D eigenvalue weighted by Crippen LogP contribution is 2.26. The first-order valence-corrected chi connectivity index (χ1v) is 5.46. The van der Waals surface area contributed by atoms with E-state index in [2.05, 4.69) is 15.3 Å². The van der Waals surface area contributed by atoms with Gasteiger partial charge in [0.15, 0.2) is 0 Å². The molecule has 0 radical (unpaired) electrons. The smallest absolute Gasteiger partial charge is 0.311 e. The molecule has 86 valence electrons. The minimum absolute atomic E-state index is 0.446. The number of carboxylic acids is 1. The Labute approximate surface area is 93.9 Å². The number of carboxylic acid groups (broad SMARTS) is 1. The van der Waals surface area contributed by atoms with Crippen LogP contribution in [0.4, 0.5) is 0 Å². The minimum atomic E-state index is -0.790. The maximum atomic E-state index is 11.2. The van der Waals surface area contributed by atoms with Gasteiger partial charge in [-0.15, -0.1) is 0 Å². The Morgan fingerprint density at radius 2 is 2.31 bits per heavy atom. The zero-order valence-corrected chi connectivity index (χ0v) is 8.97. The predicted octanol–water partition coefficient (Wildman–Crippen LogP) is 0.644. The molecule has 1 aliphatic heterocycles. The van der Waals surface area contributed by atoms with Crippen molar-refractivity contribution >= 4 is 5.97 Å². The van der Waals surface area contributed by atoms with Crippen LogP contribution in [0.25, 0.3) is 0 Å². The zero-order valence-electron chi connectivity index (χ0n) is 8.97. The van der Waals surface area contributed by atoms with Crippen molar-refractivity contribution in [1.29, 1.82) is 0 Å². The SMILES string of the molecule is O=C(O)C(CC1CCNC1)c1cncnc1. The van der Waals surface area contributed by atoms with Crippen LogP contribution in [0.5, 0.6) is 0 Å². The number of aromatic nitrogens is 2. The van der Waals surface area contributed by atoms with Crippen LogP contribution in [-0.4, -0.2) is 34.1 Å². The van der Waals surface area contributed by atoms with Gasteiger partial charge in [-0.25, -0.2) is 9.97 Å². The molecule has 0 spiro atoms. The van der Waals surface area contributed by atoms with Crippen molar-refractivity contribution in [1.82, 2.24) is 15.3 Å². The molecule has 0 bridgehead atoms. The lowest BCUT2D eigenvalue weighted by molar-refractivity contribution is -0.139. The molecule has 2 unspecified atom stereocenters. The molecule has 2 N–H and O–H groups in total. The first kappa shape index (κ1) is 11.0. The minimum Gasteiger partial charge on any atom is -0.481 e. The van der Waals surface area contributed by atoms with E-state index in [4.69, 9.17) is 0 Å². The van der Waals surface area contributed by atoms with E-state index in [-0.39, 0.29) is 0 Å². The second-order valence-corrected chi connectivity index (χ2v) is 4.16. The average Bonchev–Trinajstić information content (AvgIpc) is 2.79. The van der Waals surface area contributed by atoms with E-state index in [1.165, 1.54) is 6.33 Å². The lowest BCUT2D eigenvalue weighted by Gasteiger charge is -2.15. The first-order valence-electron chi connectivity index (χ1n) is 5.46. The van der Waals surface area contributed by atoms with Crippen LogP contribution in [0.2, 0.25) is 0 Å². The summed E-state index contributed by atoms with van der Waals surface area (Å²) in [4.78, 5) is 19.0. The fourth-order valence-electron chi connectivity index (χ4n) is 2.12. The van der Waals surface area contributed by atoms with Crippen molar-refractivity contribution < 1.29 is 9.90 Å². The maximum absolute atomic E-state index is 11.2. The fraction of sp³-hybridized carbons (Fsp3) is 0.545. The van der Waals surface area contributed by atoms with Gasteiger partial charge in [-0.1, -0.05) is 0 Å². The number of rotatable bonds is 4. The Balaban J connectivity index is 2.08. The molecular weight excluding hydrogens is 206 g/mol. The van der Waals surface area contributed by atoms with Crippen molar-refractivity contribution in [3.63, 3.8) is 0 Å². The lowest BCUT2D eigenvalue weighted by atomic mass is 9.90. The summed E-state index contributed by atoms with van der Waals surface area (Å²) >= 11 is 0. The highest BCUT2D eigenvalue weighted by atomic mass is 16.4. The molecule has 0 aromatic carbocycles. The second kappa shape index (κ2) is 5.03. The number of hydrogen-bond acceptors (Lipinski definition) is 4. The molecule has 1 aromatic heterocycles. The van der Waals surface area contributed by atoms with Crippen LogP contribution < -0.4 is 5.32 Å². The van der Waals surface area contributed by atoms with E-state index in [0.29, 0.717) is 17.9 Å². The lowest BCUT2D eigenvalue weighted by Crippen LogP contribution is -2.18. The quantitative estimate of drug-likeness (QED) is 0.780. The average molecular weight is 221 g/mol. The summed E-state index contributed by atoms with van der Waals surface area (Å²) in [6, 6.07) is 0. The van der Waals surface area contributed by atoms with Crippen LogP contribution in [0.3, 0.4) is 0 Å². The Bertz CT molecular complexity index is 350. The molecular formula is C11H15N3O2. The topological polar surface area (TPSA) is 75.1 Å². The summed E-state index contributed by atoms with van der Waals surface area (Å²) in [7, 11) is 0. The van der Waals surface area contributed by atoms with E-state index in [0.717, 1.165) is 19.5 Å². The molecule has 5 heteroatoms. The van der Waals surface area contributed by atoms with Crippen LogP contribution in [0.15, 0.2) is 18.7 Å². The van der Waals surface area contributed by atoms with Gasteiger partial charge in [0.05, 0.1) is 5.92 Å². The van der Waals surface area contributed by atoms with E-state index in [1.807, 2.05) is 0 Å². The van der Waals surface area contributed by atoms with E-state index in [9.17, 15) is 9.90 Å². The van der Waals surface area contributed by atoms with Gasteiger partial charge in [-0.3, -0.25) is 4.79 Å². The fourth-order valence-corrected chi connectivity index (χ4v) is 2.12. The molecule has 0 saturated carbocycles. The van der Waals surface area contributed by atoms with Gasteiger partial charge in [0.25, 0.3) is 0 Å². The van der Waals surface area contributed by atoms with Gasteiger partial charge < -0.3 is 10.4 Å². The highest BCUT2D eigenvalue weighted by Gasteiger charge is 2.26. The van der Waals surface area contributed by atoms with E-state index >= 15 is 0 Å². The summed E-state index contributed by atoms with van der Waals surface area (Å²) in [5.74, 6) is -0.825. The third-order valence-electron chi connectivity index (χ3n) is 3.01. The van der Waals surface area contributed by atoms with E-state index < -0.39 is 11.9 Å². The van der Waals surface area contributed by atoms with Gasteiger partial charge in [0.1, 0.15) is 6.33 Å². The Hall–Kier alpha value is -1.49. The molecule has 2 rings (SSSR count). The molecule has 1 aromatic rings. The predicted molar refractivity (Wildman–Crippen MR) is 58.0 cm³/mol. The highest BCUT2D eigenvalue weighted by molar-refractivity contribution is 5.75. The monoisotopic (exact) mass is 221 g/mol.